The summed E-state index contributed by atoms with van der Waals surface area (Å²) in [5.74, 6) is -0.195. The summed E-state index contributed by atoms with van der Waals surface area (Å²) in [5, 5.41) is 0.311. The molecule has 1 aliphatic heterocycles. The summed E-state index contributed by atoms with van der Waals surface area (Å²) in [7, 11) is 1.76. The predicted molar refractivity (Wildman–Crippen MR) is 76.8 cm³/mol. The van der Waals surface area contributed by atoms with Gasteiger partial charge in [0.2, 0.25) is 5.91 Å². The van der Waals surface area contributed by atoms with Crippen molar-refractivity contribution >= 4 is 23.4 Å². The molecular formula is C14H18ClN3O2. The molecule has 0 bridgehead atoms. The smallest absolute Gasteiger partial charge is 0.254 e. The largest absolute Gasteiger partial charge is 0.344 e. The Balaban J connectivity index is 2.22. The van der Waals surface area contributed by atoms with Crippen molar-refractivity contribution < 1.29 is 9.59 Å². The molecule has 0 aliphatic carbocycles. The van der Waals surface area contributed by atoms with Crippen molar-refractivity contribution in [3.8, 4) is 0 Å². The number of likely N-dealkylation sites (N-methyl/N-ethyl adjacent to an activating group) is 1. The fourth-order valence-corrected chi connectivity index (χ4v) is 2.42. The number of aromatic nitrogens is 1. The Kier molecular flexibility index (Phi) is 4.60. The minimum absolute atomic E-state index is 0.0354. The molecule has 0 spiro atoms. The molecule has 1 aliphatic rings. The molecule has 108 valence electrons. The van der Waals surface area contributed by atoms with Gasteiger partial charge in [0.05, 0.1) is 0 Å². The van der Waals surface area contributed by atoms with E-state index in [2.05, 4.69) is 4.98 Å². The minimum Gasteiger partial charge on any atom is -0.344 e. The molecule has 1 aromatic rings. The van der Waals surface area contributed by atoms with E-state index in [0.717, 1.165) is 12.1 Å². The predicted octanol–water partition coefficient (Wildman–Crippen LogP) is 1.60. The van der Waals surface area contributed by atoms with Crippen molar-refractivity contribution in [1.29, 1.82) is 0 Å². The van der Waals surface area contributed by atoms with Crippen molar-refractivity contribution in [1.82, 2.24) is 14.8 Å². The van der Waals surface area contributed by atoms with E-state index < -0.39 is 0 Å². The van der Waals surface area contributed by atoms with Crippen LogP contribution in [-0.4, -0.2) is 53.3 Å². The van der Waals surface area contributed by atoms with Gasteiger partial charge < -0.3 is 9.80 Å². The van der Waals surface area contributed by atoms with Crippen LogP contribution in [0, 0.1) is 0 Å². The molecule has 0 saturated carbocycles. The topological polar surface area (TPSA) is 53.5 Å². The van der Waals surface area contributed by atoms with E-state index in [1.807, 2.05) is 6.92 Å². The van der Waals surface area contributed by atoms with Crippen LogP contribution in [0.15, 0.2) is 12.1 Å². The first-order valence-corrected chi connectivity index (χ1v) is 7.08. The Morgan fingerprint density at radius 1 is 1.40 bits per heavy atom. The second-order valence-corrected chi connectivity index (χ2v) is 5.31. The van der Waals surface area contributed by atoms with Gasteiger partial charge in [-0.3, -0.25) is 9.59 Å². The van der Waals surface area contributed by atoms with Crippen molar-refractivity contribution in [2.75, 3.05) is 26.7 Å². The van der Waals surface area contributed by atoms with Crippen molar-refractivity contribution in [2.24, 2.45) is 0 Å². The average molecular weight is 296 g/mol. The second-order valence-electron chi connectivity index (χ2n) is 4.92. The van der Waals surface area contributed by atoms with Gasteiger partial charge in [0, 0.05) is 31.4 Å². The lowest BCUT2D eigenvalue weighted by Crippen LogP contribution is -2.38. The molecular weight excluding hydrogens is 278 g/mol. The third kappa shape index (κ3) is 3.28. The van der Waals surface area contributed by atoms with Crippen molar-refractivity contribution in [3.63, 3.8) is 0 Å². The van der Waals surface area contributed by atoms with Crippen LogP contribution in [0.1, 0.15) is 29.4 Å². The van der Waals surface area contributed by atoms with Gasteiger partial charge in [-0.15, -0.1) is 0 Å². The number of aryl methyl sites for hydroxylation is 1. The molecule has 2 heterocycles. The number of rotatable bonds is 2. The number of carbonyl (C=O) groups is 2. The van der Waals surface area contributed by atoms with E-state index in [4.69, 9.17) is 11.6 Å². The van der Waals surface area contributed by atoms with Gasteiger partial charge in [-0.1, -0.05) is 18.5 Å². The third-order valence-corrected chi connectivity index (χ3v) is 3.61. The summed E-state index contributed by atoms with van der Waals surface area (Å²) >= 11 is 5.94. The lowest BCUT2D eigenvalue weighted by Gasteiger charge is -2.20. The Hall–Kier alpha value is -1.62. The van der Waals surface area contributed by atoms with E-state index in [9.17, 15) is 9.59 Å². The van der Waals surface area contributed by atoms with Crippen LogP contribution in [-0.2, 0) is 11.2 Å². The van der Waals surface area contributed by atoms with E-state index in [0.29, 0.717) is 30.2 Å². The van der Waals surface area contributed by atoms with Gasteiger partial charge in [-0.2, -0.15) is 0 Å². The molecule has 1 fully saturated rings. The van der Waals surface area contributed by atoms with Crippen LogP contribution in [0.4, 0.5) is 0 Å². The number of amides is 2. The highest BCUT2D eigenvalue weighted by atomic mass is 35.5. The first-order valence-electron chi connectivity index (χ1n) is 6.71. The summed E-state index contributed by atoms with van der Waals surface area (Å²) < 4.78 is 0. The third-order valence-electron chi connectivity index (χ3n) is 3.42. The van der Waals surface area contributed by atoms with Crippen molar-refractivity contribution in [3.05, 3.63) is 28.5 Å². The number of hydrogen-bond donors (Lipinski definition) is 0. The molecule has 1 aromatic heterocycles. The number of carbonyl (C=O) groups excluding carboxylic acids is 2. The average Bonchev–Trinajstić information content (AvgIpc) is 2.59. The van der Waals surface area contributed by atoms with Crippen LogP contribution in [0.2, 0.25) is 5.15 Å². The van der Waals surface area contributed by atoms with Gasteiger partial charge in [0.1, 0.15) is 11.7 Å². The zero-order chi connectivity index (χ0) is 14.7. The van der Waals surface area contributed by atoms with Crippen LogP contribution in [0.25, 0.3) is 0 Å². The molecule has 5 nitrogen and oxygen atoms in total. The number of pyridine rings is 1. The fraction of sp³-hybridized carbons (Fsp3) is 0.500. The number of halogens is 1. The Morgan fingerprint density at radius 2 is 2.15 bits per heavy atom. The molecule has 0 unspecified atom stereocenters. The summed E-state index contributed by atoms with van der Waals surface area (Å²) in [5.41, 5.74) is 1.28. The molecule has 6 heteroatoms. The molecule has 0 radical (unpaired) electrons. The molecule has 2 amide bonds. The number of hydrogen-bond acceptors (Lipinski definition) is 3. The maximum absolute atomic E-state index is 12.5. The zero-order valence-corrected chi connectivity index (χ0v) is 12.5. The van der Waals surface area contributed by atoms with Crippen LogP contribution >= 0.6 is 11.6 Å². The van der Waals surface area contributed by atoms with E-state index in [-0.39, 0.29) is 18.4 Å². The molecule has 0 atom stereocenters. The standard InChI is InChI=1S/C14H18ClN3O2/c1-3-11-7-10(8-12(15)16-11)14(20)18-6-4-5-17(2)13(19)9-18/h7-8H,3-6,9H2,1-2H3. The molecule has 20 heavy (non-hydrogen) atoms. The maximum Gasteiger partial charge on any atom is 0.254 e. The fourth-order valence-electron chi connectivity index (χ4n) is 2.20. The monoisotopic (exact) mass is 295 g/mol. The van der Waals surface area contributed by atoms with Crippen LogP contribution in [0.3, 0.4) is 0 Å². The first kappa shape index (κ1) is 14.8. The highest BCUT2D eigenvalue weighted by molar-refractivity contribution is 6.29. The lowest BCUT2D eigenvalue weighted by molar-refractivity contribution is -0.129. The summed E-state index contributed by atoms with van der Waals surface area (Å²) in [4.78, 5) is 31.7. The molecule has 0 N–H and O–H groups in total. The quantitative estimate of drug-likeness (QED) is 0.779. The Bertz CT molecular complexity index is 533. The van der Waals surface area contributed by atoms with Gasteiger partial charge in [0.15, 0.2) is 0 Å². The van der Waals surface area contributed by atoms with E-state index >= 15 is 0 Å². The van der Waals surface area contributed by atoms with Gasteiger partial charge >= 0.3 is 0 Å². The van der Waals surface area contributed by atoms with E-state index in [1.54, 1.807) is 29.0 Å². The normalized spacial score (nSPS) is 16.2. The van der Waals surface area contributed by atoms with Crippen molar-refractivity contribution in [2.45, 2.75) is 19.8 Å². The molecule has 2 rings (SSSR count). The lowest BCUT2D eigenvalue weighted by atomic mass is 10.1. The molecule has 1 saturated heterocycles. The summed E-state index contributed by atoms with van der Waals surface area (Å²) in [6.07, 6.45) is 1.50. The summed E-state index contributed by atoms with van der Waals surface area (Å²) in [6.45, 7) is 3.34. The Labute approximate surface area is 123 Å². The maximum atomic E-state index is 12.5. The molecule has 0 aromatic carbocycles. The van der Waals surface area contributed by atoms with Gasteiger partial charge in [-0.05, 0) is 25.0 Å². The first-order chi connectivity index (χ1) is 9.51. The zero-order valence-electron chi connectivity index (χ0n) is 11.7. The highest BCUT2D eigenvalue weighted by Crippen LogP contribution is 2.15. The minimum atomic E-state index is -0.160. The van der Waals surface area contributed by atoms with Crippen LogP contribution in [0.5, 0.6) is 0 Å². The SMILES string of the molecule is CCc1cc(C(=O)N2CCCN(C)C(=O)C2)cc(Cl)n1. The highest BCUT2D eigenvalue weighted by Gasteiger charge is 2.24. The van der Waals surface area contributed by atoms with Gasteiger partial charge in [-0.25, -0.2) is 4.98 Å². The Morgan fingerprint density at radius 3 is 2.85 bits per heavy atom. The van der Waals surface area contributed by atoms with Crippen LogP contribution < -0.4 is 0 Å². The number of nitrogens with zero attached hydrogens (tertiary/aromatic N) is 3. The van der Waals surface area contributed by atoms with Gasteiger partial charge in [0.25, 0.3) is 5.91 Å². The second kappa shape index (κ2) is 6.22. The summed E-state index contributed by atoms with van der Waals surface area (Å²) in [6, 6.07) is 3.30. The van der Waals surface area contributed by atoms with E-state index in [1.165, 1.54) is 0 Å².